The SMILES string of the molecule is CCC(C)(C)n1nnnc1C(c1cc2cc3c(cc2[nH]c1=O)OCCO3)N1CCOCC1. The minimum Gasteiger partial charge on any atom is -0.486 e. The molecule has 0 aliphatic carbocycles. The molecule has 0 radical (unpaired) electrons. The number of fused-ring (bicyclic) bond motifs is 2. The summed E-state index contributed by atoms with van der Waals surface area (Å²) in [5.41, 5.74) is 0.836. The molecule has 10 heteroatoms. The van der Waals surface area contributed by atoms with Gasteiger partial charge in [0, 0.05) is 30.1 Å². The Morgan fingerprint density at radius 3 is 2.53 bits per heavy atom. The Labute approximate surface area is 185 Å². The molecule has 2 aromatic heterocycles. The second kappa shape index (κ2) is 8.18. The summed E-state index contributed by atoms with van der Waals surface area (Å²) < 4.78 is 18.8. The van der Waals surface area contributed by atoms with Gasteiger partial charge in [0.2, 0.25) is 0 Å². The number of aromatic amines is 1. The third-order valence-electron chi connectivity index (χ3n) is 6.42. The highest BCUT2D eigenvalue weighted by Crippen LogP contribution is 2.35. The van der Waals surface area contributed by atoms with Gasteiger partial charge in [-0.2, -0.15) is 0 Å². The molecule has 10 nitrogen and oxygen atoms in total. The van der Waals surface area contributed by atoms with Gasteiger partial charge < -0.3 is 19.2 Å². The Balaban J connectivity index is 1.67. The summed E-state index contributed by atoms with van der Waals surface area (Å²) in [4.78, 5) is 18.6. The highest BCUT2D eigenvalue weighted by molar-refractivity contribution is 5.83. The van der Waals surface area contributed by atoms with E-state index in [-0.39, 0.29) is 11.1 Å². The van der Waals surface area contributed by atoms with E-state index in [9.17, 15) is 4.79 Å². The van der Waals surface area contributed by atoms with Gasteiger partial charge in [-0.3, -0.25) is 9.69 Å². The lowest BCUT2D eigenvalue weighted by Gasteiger charge is -2.35. The van der Waals surface area contributed by atoms with Crippen LogP contribution >= 0.6 is 0 Å². The number of pyridine rings is 1. The summed E-state index contributed by atoms with van der Waals surface area (Å²) in [6.45, 7) is 9.85. The number of benzene rings is 1. The molecule has 0 amide bonds. The lowest BCUT2D eigenvalue weighted by atomic mass is 9.99. The van der Waals surface area contributed by atoms with Gasteiger partial charge in [0.25, 0.3) is 5.56 Å². The van der Waals surface area contributed by atoms with Crippen molar-refractivity contribution >= 4 is 10.9 Å². The van der Waals surface area contributed by atoms with Crippen molar-refractivity contribution in [2.45, 2.75) is 38.8 Å². The highest BCUT2D eigenvalue weighted by Gasteiger charge is 2.35. The Morgan fingerprint density at radius 1 is 1.09 bits per heavy atom. The van der Waals surface area contributed by atoms with E-state index in [1.54, 1.807) is 0 Å². The van der Waals surface area contributed by atoms with Gasteiger partial charge in [-0.05, 0) is 42.8 Å². The normalized spacial score (nSPS) is 18.1. The Bertz CT molecular complexity index is 1180. The third-order valence-corrected chi connectivity index (χ3v) is 6.42. The molecule has 0 saturated carbocycles. The van der Waals surface area contributed by atoms with Crippen LogP contribution < -0.4 is 15.0 Å². The van der Waals surface area contributed by atoms with E-state index in [1.807, 2.05) is 22.9 Å². The zero-order chi connectivity index (χ0) is 22.3. The maximum atomic E-state index is 13.3. The van der Waals surface area contributed by atoms with E-state index < -0.39 is 6.04 Å². The van der Waals surface area contributed by atoms with Gasteiger partial charge in [0.1, 0.15) is 19.3 Å². The first-order chi connectivity index (χ1) is 15.5. The monoisotopic (exact) mass is 440 g/mol. The Hall–Kier alpha value is -2.98. The molecule has 3 aromatic rings. The van der Waals surface area contributed by atoms with E-state index in [2.05, 4.69) is 46.2 Å². The number of hydrogen-bond acceptors (Lipinski definition) is 8. The molecule has 0 spiro atoms. The standard InChI is InChI=1S/C22H28N6O4/c1-4-22(2,3)28-20(24-25-26-28)19(27-5-7-30-8-6-27)15-11-14-12-17-18(32-10-9-31-17)13-16(14)23-21(15)29/h11-13,19H,4-10H2,1-3H3,(H,23,29). The Kier molecular flexibility index (Phi) is 5.34. The molecule has 170 valence electrons. The molecule has 2 aliphatic rings. The lowest BCUT2D eigenvalue weighted by molar-refractivity contribution is 0.0204. The first-order valence-electron chi connectivity index (χ1n) is 11.0. The van der Waals surface area contributed by atoms with Crippen molar-refractivity contribution < 1.29 is 14.2 Å². The number of H-pyrrole nitrogens is 1. The van der Waals surface area contributed by atoms with Crippen LogP contribution in [0.1, 0.15) is 44.6 Å². The molecular formula is C22H28N6O4. The highest BCUT2D eigenvalue weighted by atomic mass is 16.6. The molecule has 1 N–H and O–H groups in total. The molecule has 32 heavy (non-hydrogen) atoms. The number of hydrogen-bond donors (Lipinski definition) is 1. The number of tetrazole rings is 1. The summed E-state index contributed by atoms with van der Waals surface area (Å²) in [7, 11) is 0. The molecule has 1 atom stereocenters. The predicted molar refractivity (Wildman–Crippen MR) is 117 cm³/mol. The fraction of sp³-hybridized carbons (Fsp3) is 0.545. The number of rotatable bonds is 5. The van der Waals surface area contributed by atoms with E-state index in [0.717, 1.165) is 11.8 Å². The number of aromatic nitrogens is 5. The van der Waals surface area contributed by atoms with Crippen LogP contribution in [-0.2, 0) is 10.3 Å². The van der Waals surface area contributed by atoms with Gasteiger partial charge >= 0.3 is 0 Å². The molecule has 1 aromatic carbocycles. The lowest BCUT2D eigenvalue weighted by Crippen LogP contribution is -2.43. The quantitative estimate of drug-likeness (QED) is 0.641. The maximum absolute atomic E-state index is 13.3. The zero-order valence-electron chi connectivity index (χ0n) is 18.6. The van der Waals surface area contributed by atoms with Crippen LogP contribution in [0.5, 0.6) is 11.5 Å². The van der Waals surface area contributed by atoms with Crippen molar-refractivity contribution in [2.75, 3.05) is 39.5 Å². The number of ether oxygens (including phenoxy) is 3. The molecule has 1 fully saturated rings. The van der Waals surface area contributed by atoms with Crippen LogP contribution in [0.2, 0.25) is 0 Å². The molecule has 0 bridgehead atoms. The van der Waals surface area contributed by atoms with Crippen LogP contribution in [0.25, 0.3) is 10.9 Å². The first-order valence-corrected chi connectivity index (χ1v) is 11.0. The summed E-state index contributed by atoms with van der Waals surface area (Å²) in [5.74, 6) is 1.98. The maximum Gasteiger partial charge on any atom is 0.253 e. The van der Waals surface area contributed by atoms with Crippen LogP contribution in [0.4, 0.5) is 0 Å². The molecule has 1 saturated heterocycles. The van der Waals surface area contributed by atoms with Crippen molar-refractivity contribution in [1.82, 2.24) is 30.1 Å². The van der Waals surface area contributed by atoms with Gasteiger partial charge in [0.15, 0.2) is 17.3 Å². The van der Waals surface area contributed by atoms with Gasteiger partial charge in [-0.25, -0.2) is 4.68 Å². The smallest absolute Gasteiger partial charge is 0.253 e. The van der Waals surface area contributed by atoms with E-state index >= 15 is 0 Å². The van der Waals surface area contributed by atoms with Crippen LogP contribution in [0.3, 0.4) is 0 Å². The van der Waals surface area contributed by atoms with E-state index in [0.29, 0.717) is 67.9 Å². The molecular weight excluding hydrogens is 412 g/mol. The molecule has 4 heterocycles. The van der Waals surface area contributed by atoms with Gasteiger partial charge in [-0.1, -0.05) is 6.92 Å². The van der Waals surface area contributed by atoms with Crippen LogP contribution in [0.15, 0.2) is 23.0 Å². The predicted octanol–water partition coefficient (Wildman–Crippen LogP) is 1.85. The average molecular weight is 441 g/mol. The van der Waals surface area contributed by atoms with Crippen molar-refractivity contribution in [3.05, 3.63) is 39.9 Å². The van der Waals surface area contributed by atoms with Crippen molar-refractivity contribution in [3.8, 4) is 11.5 Å². The molecule has 5 rings (SSSR count). The van der Waals surface area contributed by atoms with Crippen LogP contribution in [0, 0.1) is 0 Å². The summed E-state index contributed by atoms with van der Waals surface area (Å²) in [5, 5.41) is 13.5. The average Bonchev–Trinajstić information content (AvgIpc) is 3.29. The van der Waals surface area contributed by atoms with E-state index in [1.165, 1.54) is 0 Å². The first kappa shape index (κ1) is 20.9. The summed E-state index contributed by atoms with van der Waals surface area (Å²) in [6.07, 6.45) is 0.846. The van der Waals surface area contributed by atoms with Crippen molar-refractivity contribution in [1.29, 1.82) is 0 Å². The fourth-order valence-electron chi connectivity index (χ4n) is 4.24. The number of nitrogens with zero attached hydrogens (tertiary/aromatic N) is 5. The Morgan fingerprint density at radius 2 is 1.81 bits per heavy atom. The van der Waals surface area contributed by atoms with Gasteiger partial charge in [-0.15, -0.1) is 5.10 Å². The minimum absolute atomic E-state index is 0.172. The minimum atomic E-state index is -0.402. The van der Waals surface area contributed by atoms with Crippen molar-refractivity contribution in [2.24, 2.45) is 0 Å². The summed E-state index contributed by atoms with van der Waals surface area (Å²) >= 11 is 0. The summed E-state index contributed by atoms with van der Waals surface area (Å²) in [6, 6.07) is 5.26. The third kappa shape index (κ3) is 3.63. The largest absolute Gasteiger partial charge is 0.486 e. The zero-order valence-corrected chi connectivity index (χ0v) is 18.6. The van der Waals surface area contributed by atoms with Crippen molar-refractivity contribution in [3.63, 3.8) is 0 Å². The second-order valence-corrected chi connectivity index (χ2v) is 8.80. The number of nitrogens with one attached hydrogen (secondary N) is 1. The molecule has 2 aliphatic heterocycles. The van der Waals surface area contributed by atoms with E-state index in [4.69, 9.17) is 14.2 Å². The number of morpholine rings is 1. The topological polar surface area (TPSA) is 107 Å². The second-order valence-electron chi connectivity index (χ2n) is 8.80. The van der Waals surface area contributed by atoms with Gasteiger partial charge in [0.05, 0.1) is 24.3 Å². The fourth-order valence-corrected chi connectivity index (χ4v) is 4.24. The van der Waals surface area contributed by atoms with Crippen LogP contribution in [-0.4, -0.2) is 69.6 Å². The molecule has 1 unspecified atom stereocenters.